The van der Waals surface area contributed by atoms with Gasteiger partial charge in [0.05, 0.1) is 37.5 Å². The van der Waals surface area contributed by atoms with Crippen LogP contribution >= 0.6 is 0 Å². The van der Waals surface area contributed by atoms with Gasteiger partial charge in [0.1, 0.15) is 5.52 Å². The van der Waals surface area contributed by atoms with Crippen molar-refractivity contribution in [1.29, 1.82) is 0 Å². The number of rotatable bonds is 6. The summed E-state index contributed by atoms with van der Waals surface area (Å²) < 4.78 is 12.8. The van der Waals surface area contributed by atoms with Gasteiger partial charge < -0.3 is 18.9 Å². The molecule has 2 aliphatic rings. The first-order valence-electron chi connectivity index (χ1n) is 10.8. The Morgan fingerprint density at radius 3 is 2.90 bits per heavy atom. The maximum Gasteiger partial charge on any atom is 0.164 e. The van der Waals surface area contributed by atoms with Crippen molar-refractivity contribution in [1.82, 2.24) is 14.5 Å². The van der Waals surface area contributed by atoms with Crippen molar-refractivity contribution >= 4 is 28.4 Å². The van der Waals surface area contributed by atoms with E-state index in [1.54, 1.807) is 7.11 Å². The molecular formula is C23H28N6O2. The first-order valence-corrected chi connectivity index (χ1v) is 10.8. The zero-order valence-electron chi connectivity index (χ0n) is 18.1. The summed E-state index contributed by atoms with van der Waals surface area (Å²) >= 11 is 0. The molecule has 31 heavy (non-hydrogen) atoms. The molecule has 162 valence electrons. The maximum absolute atomic E-state index is 5.54. The summed E-state index contributed by atoms with van der Waals surface area (Å²) in [5.74, 6) is 0.724. The minimum absolute atomic E-state index is 0.607. The second kappa shape index (κ2) is 8.64. The van der Waals surface area contributed by atoms with Gasteiger partial charge >= 0.3 is 0 Å². The number of fused-ring (bicyclic) bond motifs is 2. The van der Waals surface area contributed by atoms with E-state index in [4.69, 9.17) is 19.6 Å². The Labute approximate surface area is 181 Å². The molecule has 0 amide bonds. The molecular weight excluding hydrogens is 392 g/mol. The fourth-order valence-corrected chi connectivity index (χ4v) is 4.28. The van der Waals surface area contributed by atoms with Crippen LogP contribution in [0.1, 0.15) is 23.1 Å². The van der Waals surface area contributed by atoms with Crippen LogP contribution in [0.4, 0.5) is 11.5 Å². The standard InChI is InChI=1S/C23H28N6O2/c1-16-3-4-17-5-6-19(18(17)13-16)26-27-21-14-20(28-8-11-31-12-9-28)22-23(25-21)29(15-24-22)7-10-30-2/h3-4,13-15H,5-12H2,1-2H3,(H,25,27)/b26-19+. The van der Waals surface area contributed by atoms with Gasteiger partial charge in [-0.25, -0.2) is 9.97 Å². The molecule has 1 saturated heterocycles. The molecule has 0 spiro atoms. The summed E-state index contributed by atoms with van der Waals surface area (Å²) in [5, 5.41) is 4.75. The Morgan fingerprint density at radius 1 is 1.19 bits per heavy atom. The molecule has 8 heteroatoms. The van der Waals surface area contributed by atoms with Gasteiger partial charge in [0.25, 0.3) is 0 Å². The van der Waals surface area contributed by atoms with Gasteiger partial charge in [-0.1, -0.05) is 17.7 Å². The zero-order chi connectivity index (χ0) is 21.2. The van der Waals surface area contributed by atoms with Crippen LogP contribution in [-0.4, -0.2) is 60.3 Å². The van der Waals surface area contributed by atoms with Crippen LogP contribution in [0.3, 0.4) is 0 Å². The molecule has 3 aromatic rings. The quantitative estimate of drug-likeness (QED) is 0.618. The average molecular weight is 421 g/mol. The van der Waals surface area contributed by atoms with E-state index in [1.807, 2.05) is 10.9 Å². The molecule has 0 bridgehead atoms. The van der Waals surface area contributed by atoms with Crippen molar-refractivity contribution in [3.63, 3.8) is 0 Å². The molecule has 5 rings (SSSR count). The summed E-state index contributed by atoms with van der Waals surface area (Å²) in [5.41, 5.74) is 11.0. The number of methoxy groups -OCH3 is 1. The van der Waals surface area contributed by atoms with Crippen LogP contribution in [-0.2, 0) is 22.4 Å². The Kier molecular flexibility index (Phi) is 5.57. The third-order valence-electron chi connectivity index (χ3n) is 5.95. The number of morpholine rings is 1. The van der Waals surface area contributed by atoms with E-state index in [2.05, 4.69) is 46.5 Å². The second-order valence-electron chi connectivity index (χ2n) is 8.06. The van der Waals surface area contributed by atoms with Crippen molar-refractivity contribution < 1.29 is 9.47 Å². The van der Waals surface area contributed by atoms with Gasteiger partial charge in [0.15, 0.2) is 11.5 Å². The summed E-state index contributed by atoms with van der Waals surface area (Å²) in [6, 6.07) is 8.65. The summed E-state index contributed by atoms with van der Waals surface area (Å²) in [4.78, 5) is 11.8. The van der Waals surface area contributed by atoms with Crippen LogP contribution in [0, 0.1) is 6.92 Å². The van der Waals surface area contributed by atoms with Gasteiger partial charge in [-0.3, -0.25) is 5.43 Å². The lowest BCUT2D eigenvalue weighted by Crippen LogP contribution is -2.36. The van der Waals surface area contributed by atoms with Crippen LogP contribution < -0.4 is 10.3 Å². The number of hydrogen-bond donors (Lipinski definition) is 1. The van der Waals surface area contributed by atoms with Crippen molar-refractivity contribution in [2.24, 2.45) is 5.10 Å². The Hall–Kier alpha value is -2.97. The van der Waals surface area contributed by atoms with Gasteiger partial charge in [-0.05, 0) is 31.4 Å². The number of anilines is 2. The van der Waals surface area contributed by atoms with Crippen molar-refractivity contribution in [3.05, 3.63) is 47.3 Å². The smallest absolute Gasteiger partial charge is 0.164 e. The molecule has 0 unspecified atom stereocenters. The minimum atomic E-state index is 0.607. The van der Waals surface area contributed by atoms with E-state index in [0.29, 0.717) is 13.2 Å². The predicted octanol–water partition coefficient (Wildman–Crippen LogP) is 2.99. The van der Waals surface area contributed by atoms with E-state index in [-0.39, 0.29) is 0 Å². The van der Waals surface area contributed by atoms with Crippen molar-refractivity contribution in [2.75, 3.05) is 50.3 Å². The highest BCUT2D eigenvalue weighted by molar-refractivity contribution is 6.05. The molecule has 1 aliphatic carbocycles. The Bertz CT molecular complexity index is 1120. The SMILES string of the molecule is COCCn1cnc2c(N3CCOCC3)cc(N/N=C3\CCc4ccc(C)cc43)nc21. The number of pyridine rings is 1. The van der Waals surface area contributed by atoms with E-state index >= 15 is 0 Å². The van der Waals surface area contributed by atoms with E-state index < -0.39 is 0 Å². The second-order valence-corrected chi connectivity index (χ2v) is 8.06. The number of hydrazone groups is 1. The van der Waals surface area contributed by atoms with Crippen LogP contribution in [0.25, 0.3) is 11.2 Å². The third kappa shape index (κ3) is 4.00. The topological polar surface area (TPSA) is 76.8 Å². The molecule has 1 aliphatic heterocycles. The number of imidazole rings is 1. The lowest BCUT2D eigenvalue weighted by Gasteiger charge is -2.29. The summed E-state index contributed by atoms with van der Waals surface area (Å²) in [6.45, 7) is 6.54. The highest BCUT2D eigenvalue weighted by Crippen LogP contribution is 2.29. The lowest BCUT2D eigenvalue weighted by molar-refractivity contribution is 0.123. The fourth-order valence-electron chi connectivity index (χ4n) is 4.28. The molecule has 1 aromatic carbocycles. The molecule has 8 nitrogen and oxygen atoms in total. The number of nitrogens with zero attached hydrogens (tertiary/aromatic N) is 5. The number of nitrogens with one attached hydrogen (secondary N) is 1. The van der Waals surface area contributed by atoms with Crippen molar-refractivity contribution in [2.45, 2.75) is 26.3 Å². The van der Waals surface area contributed by atoms with Crippen LogP contribution in [0.15, 0.2) is 35.7 Å². The molecule has 1 N–H and O–H groups in total. The van der Waals surface area contributed by atoms with Gasteiger partial charge in [-0.2, -0.15) is 5.10 Å². The highest BCUT2D eigenvalue weighted by Gasteiger charge is 2.20. The molecule has 0 atom stereocenters. The molecule has 0 radical (unpaired) electrons. The third-order valence-corrected chi connectivity index (χ3v) is 5.95. The van der Waals surface area contributed by atoms with Crippen LogP contribution in [0.5, 0.6) is 0 Å². The number of ether oxygens (including phenoxy) is 2. The van der Waals surface area contributed by atoms with E-state index in [1.165, 1.54) is 16.7 Å². The number of aromatic nitrogens is 3. The monoisotopic (exact) mass is 420 g/mol. The van der Waals surface area contributed by atoms with E-state index in [0.717, 1.165) is 67.5 Å². The van der Waals surface area contributed by atoms with E-state index in [9.17, 15) is 0 Å². The number of benzene rings is 1. The highest BCUT2D eigenvalue weighted by atomic mass is 16.5. The fraction of sp³-hybridized carbons (Fsp3) is 0.435. The normalized spacial score (nSPS) is 17.5. The largest absolute Gasteiger partial charge is 0.383 e. The first kappa shape index (κ1) is 20.0. The molecule has 2 aromatic heterocycles. The Balaban J connectivity index is 1.50. The maximum atomic E-state index is 5.54. The first-order chi connectivity index (χ1) is 15.2. The summed E-state index contributed by atoms with van der Waals surface area (Å²) in [7, 11) is 1.70. The van der Waals surface area contributed by atoms with Gasteiger partial charge in [-0.15, -0.1) is 0 Å². The predicted molar refractivity (Wildman–Crippen MR) is 122 cm³/mol. The average Bonchev–Trinajstić information content (AvgIpc) is 3.40. The minimum Gasteiger partial charge on any atom is -0.383 e. The van der Waals surface area contributed by atoms with Crippen LogP contribution in [0.2, 0.25) is 0 Å². The van der Waals surface area contributed by atoms with Gasteiger partial charge in [0.2, 0.25) is 0 Å². The summed E-state index contributed by atoms with van der Waals surface area (Å²) in [6.07, 6.45) is 3.81. The number of aryl methyl sites for hydroxylation is 2. The zero-order valence-corrected chi connectivity index (χ0v) is 18.1. The molecule has 1 fully saturated rings. The lowest BCUT2D eigenvalue weighted by atomic mass is 10.1. The molecule has 0 saturated carbocycles. The Morgan fingerprint density at radius 2 is 2.06 bits per heavy atom. The molecule has 3 heterocycles. The van der Waals surface area contributed by atoms with Crippen molar-refractivity contribution in [3.8, 4) is 0 Å². The number of hydrogen-bond acceptors (Lipinski definition) is 7. The van der Waals surface area contributed by atoms with Gasteiger partial charge in [0, 0.05) is 38.4 Å².